The molecule has 118 valence electrons. The molecule has 4 heteroatoms. The van der Waals surface area contributed by atoms with Gasteiger partial charge >= 0.3 is 5.84 Å². The second kappa shape index (κ2) is 5.95. The van der Waals surface area contributed by atoms with Gasteiger partial charge in [0, 0.05) is 19.7 Å². The summed E-state index contributed by atoms with van der Waals surface area (Å²) in [6.07, 6.45) is 5.39. The molecule has 0 unspecified atom stereocenters. The molecule has 0 aliphatic carbocycles. The van der Waals surface area contributed by atoms with E-state index in [-0.39, 0.29) is 5.91 Å². The summed E-state index contributed by atoms with van der Waals surface area (Å²) in [6, 6.07) is 8.32. The third kappa shape index (κ3) is 3.02. The van der Waals surface area contributed by atoms with Crippen LogP contribution in [-0.2, 0) is 4.79 Å². The highest BCUT2D eigenvalue weighted by atomic mass is 16.2. The third-order valence-electron chi connectivity index (χ3n) is 4.16. The first-order chi connectivity index (χ1) is 11.0. The maximum Gasteiger partial charge on any atom is 0.308 e. The lowest BCUT2D eigenvalue weighted by Gasteiger charge is -2.12. The zero-order chi connectivity index (χ0) is 16.6. The molecule has 0 saturated carbocycles. The molecule has 1 amide bonds. The number of aryl methyl sites for hydroxylation is 1. The van der Waals surface area contributed by atoms with Crippen LogP contribution in [0.1, 0.15) is 30.9 Å². The van der Waals surface area contributed by atoms with E-state index < -0.39 is 0 Å². The molecule has 4 nitrogen and oxygen atoms in total. The lowest BCUT2D eigenvalue weighted by atomic mass is 10.1. The van der Waals surface area contributed by atoms with E-state index in [0.717, 1.165) is 29.2 Å². The van der Waals surface area contributed by atoms with Crippen molar-refractivity contribution in [2.75, 3.05) is 14.1 Å². The standard InChI is InChI=1S/C19H22N3O/c1-13-5-8-15(9-6-13)19-16(11-18(23)21(3)4)22-12-14(2)7-10-17(22)20-19/h5-9,12H,10-11H2,1-4H3/q+1. The number of carbonyl (C=O) groups excluding carboxylic acids is 1. The Morgan fingerprint density at radius 3 is 2.57 bits per heavy atom. The van der Waals surface area contributed by atoms with Gasteiger partial charge in [0.25, 0.3) is 0 Å². The van der Waals surface area contributed by atoms with E-state index >= 15 is 0 Å². The molecule has 0 saturated heterocycles. The van der Waals surface area contributed by atoms with E-state index in [1.165, 1.54) is 11.1 Å². The van der Waals surface area contributed by atoms with Crippen molar-refractivity contribution in [3.63, 3.8) is 0 Å². The SMILES string of the molecule is CC1=CCC2=NC(c3ccc(C)cc3)=C(CC(=O)N(C)C)[N+]2=C1. The van der Waals surface area contributed by atoms with Gasteiger partial charge in [0.15, 0.2) is 5.70 Å². The summed E-state index contributed by atoms with van der Waals surface area (Å²) in [4.78, 5) is 18.7. The fourth-order valence-corrected chi connectivity index (χ4v) is 2.74. The van der Waals surface area contributed by atoms with Crippen LogP contribution in [0.4, 0.5) is 0 Å². The van der Waals surface area contributed by atoms with E-state index in [2.05, 4.69) is 55.0 Å². The number of amidine groups is 1. The van der Waals surface area contributed by atoms with Gasteiger partial charge < -0.3 is 4.90 Å². The molecule has 0 fully saturated rings. The van der Waals surface area contributed by atoms with Gasteiger partial charge in [-0.05, 0) is 24.4 Å². The van der Waals surface area contributed by atoms with Crippen LogP contribution in [0.25, 0.3) is 5.70 Å². The molecule has 0 radical (unpaired) electrons. The summed E-state index contributed by atoms with van der Waals surface area (Å²) in [5, 5.41) is 0. The van der Waals surface area contributed by atoms with E-state index in [1.54, 1.807) is 19.0 Å². The van der Waals surface area contributed by atoms with Crippen molar-refractivity contribution < 1.29 is 9.37 Å². The molecule has 2 aliphatic rings. The quantitative estimate of drug-likeness (QED) is 0.791. The number of hydrogen-bond donors (Lipinski definition) is 0. The summed E-state index contributed by atoms with van der Waals surface area (Å²) < 4.78 is 2.09. The molecule has 0 N–H and O–H groups in total. The van der Waals surface area contributed by atoms with Crippen molar-refractivity contribution in [1.82, 2.24) is 4.90 Å². The predicted octanol–water partition coefficient (Wildman–Crippen LogP) is 2.99. The minimum absolute atomic E-state index is 0.0849. The first kappa shape index (κ1) is 15.4. The smallest absolute Gasteiger partial charge is 0.308 e. The number of amides is 1. The number of hydrogen-bond acceptors (Lipinski definition) is 2. The summed E-state index contributed by atoms with van der Waals surface area (Å²) in [5.74, 6) is 1.08. The van der Waals surface area contributed by atoms with E-state index in [4.69, 9.17) is 4.99 Å². The van der Waals surface area contributed by atoms with Crippen molar-refractivity contribution in [3.05, 3.63) is 52.7 Å². The average molecular weight is 308 g/mol. The number of carbonyl (C=O) groups is 1. The fraction of sp³-hybridized carbons (Fsp3) is 0.316. The molecule has 1 aromatic carbocycles. The van der Waals surface area contributed by atoms with Crippen LogP contribution in [0, 0.1) is 6.92 Å². The van der Waals surface area contributed by atoms with Crippen LogP contribution in [0.2, 0.25) is 0 Å². The minimum Gasteiger partial charge on any atom is -0.348 e. The molecule has 2 heterocycles. The molecular formula is C19H22N3O+. The van der Waals surface area contributed by atoms with Crippen LogP contribution >= 0.6 is 0 Å². The van der Waals surface area contributed by atoms with Gasteiger partial charge in [-0.15, -0.1) is 0 Å². The average Bonchev–Trinajstić information content (AvgIpc) is 2.86. The molecule has 2 aliphatic heterocycles. The van der Waals surface area contributed by atoms with Crippen LogP contribution < -0.4 is 0 Å². The number of benzene rings is 1. The van der Waals surface area contributed by atoms with Gasteiger partial charge in [0.2, 0.25) is 11.6 Å². The highest BCUT2D eigenvalue weighted by Gasteiger charge is 2.35. The number of allylic oxidation sites excluding steroid dienone is 1. The minimum atomic E-state index is 0.0849. The highest BCUT2D eigenvalue weighted by molar-refractivity contribution is 5.97. The summed E-state index contributed by atoms with van der Waals surface area (Å²) in [6.45, 7) is 4.14. The second-order valence-corrected chi connectivity index (χ2v) is 6.31. The first-order valence-corrected chi connectivity index (χ1v) is 7.84. The van der Waals surface area contributed by atoms with Gasteiger partial charge in [-0.3, -0.25) is 4.79 Å². The molecular weight excluding hydrogens is 286 g/mol. The Hall–Kier alpha value is -2.49. The van der Waals surface area contributed by atoms with Crippen molar-refractivity contribution in [1.29, 1.82) is 0 Å². The number of aliphatic imine (C=N–C) groups is 1. The second-order valence-electron chi connectivity index (χ2n) is 6.31. The van der Waals surface area contributed by atoms with Crippen LogP contribution in [0.3, 0.4) is 0 Å². The van der Waals surface area contributed by atoms with Gasteiger partial charge in [-0.2, -0.15) is 4.58 Å². The number of fused-ring (bicyclic) bond motifs is 1. The molecule has 0 atom stereocenters. The Labute approximate surface area is 137 Å². The van der Waals surface area contributed by atoms with Gasteiger partial charge in [0.05, 0.1) is 19.1 Å². The van der Waals surface area contributed by atoms with Crippen molar-refractivity contribution >= 4 is 23.7 Å². The monoisotopic (exact) mass is 308 g/mol. The topological polar surface area (TPSA) is 35.7 Å². The Morgan fingerprint density at radius 2 is 1.91 bits per heavy atom. The van der Waals surface area contributed by atoms with E-state index in [1.807, 2.05) is 0 Å². The lowest BCUT2D eigenvalue weighted by Crippen LogP contribution is -2.27. The maximum absolute atomic E-state index is 12.3. The third-order valence-corrected chi connectivity index (χ3v) is 4.16. The summed E-state index contributed by atoms with van der Waals surface area (Å²) >= 11 is 0. The zero-order valence-corrected chi connectivity index (χ0v) is 14.1. The Bertz CT molecular complexity index is 777. The van der Waals surface area contributed by atoms with Crippen LogP contribution in [0.15, 0.2) is 46.6 Å². The molecule has 23 heavy (non-hydrogen) atoms. The Morgan fingerprint density at radius 1 is 1.22 bits per heavy atom. The lowest BCUT2D eigenvalue weighted by molar-refractivity contribution is -0.343. The summed E-state index contributed by atoms with van der Waals surface area (Å²) in [5.41, 5.74) is 5.35. The van der Waals surface area contributed by atoms with Crippen LogP contribution in [0.5, 0.6) is 0 Å². The van der Waals surface area contributed by atoms with Gasteiger partial charge in [0.1, 0.15) is 0 Å². The summed E-state index contributed by atoms with van der Waals surface area (Å²) in [7, 11) is 3.58. The fourth-order valence-electron chi connectivity index (χ4n) is 2.74. The zero-order valence-electron chi connectivity index (χ0n) is 14.1. The molecule has 3 rings (SSSR count). The van der Waals surface area contributed by atoms with Gasteiger partial charge in [-0.25, -0.2) is 0 Å². The Kier molecular flexibility index (Phi) is 3.99. The highest BCUT2D eigenvalue weighted by Crippen LogP contribution is 2.31. The molecule has 0 aromatic heterocycles. The number of nitrogens with zero attached hydrogens (tertiary/aromatic N) is 3. The first-order valence-electron chi connectivity index (χ1n) is 7.84. The number of rotatable bonds is 3. The van der Waals surface area contributed by atoms with E-state index in [9.17, 15) is 4.79 Å². The van der Waals surface area contributed by atoms with Crippen molar-refractivity contribution in [2.24, 2.45) is 4.99 Å². The van der Waals surface area contributed by atoms with E-state index in [0.29, 0.717) is 6.42 Å². The van der Waals surface area contributed by atoms with Crippen molar-refractivity contribution in [2.45, 2.75) is 26.7 Å². The normalized spacial score (nSPS) is 16.6. The van der Waals surface area contributed by atoms with Crippen molar-refractivity contribution in [3.8, 4) is 0 Å². The predicted molar refractivity (Wildman–Crippen MR) is 93.5 cm³/mol. The van der Waals surface area contributed by atoms with Crippen LogP contribution in [-0.4, -0.2) is 41.5 Å². The largest absolute Gasteiger partial charge is 0.348 e. The molecule has 0 spiro atoms. The molecule has 1 aromatic rings. The molecule has 0 bridgehead atoms. The Balaban J connectivity index is 2.08. The van der Waals surface area contributed by atoms with Gasteiger partial charge in [-0.1, -0.05) is 35.9 Å². The maximum atomic E-state index is 12.3.